The molecule has 5 N–H and O–H groups in total. The Morgan fingerprint density at radius 3 is 2.24 bits per heavy atom. The summed E-state index contributed by atoms with van der Waals surface area (Å²) >= 11 is 1.66. The Balaban J connectivity index is 2.68. The molecule has 0 spiro atoms. The normalized spacial score (nSPS) is 39.5. The average Bonchev–Trinajstić information content (AvgIpc) is 2.33. The van der Waals surface area contributed by atoms with Crippen molar-refractivity contribution in [3.63, 3.8) is 0 Å². The van der Waals surface area contributed by atoms with Crippen LogP contribution in [0.3, 0.4) is 0 Å². The van der Waals surface area contributed by atoms with Crippen molar-refractivity contribution in [1.82, 2.24) is 4.90 Å². The summed E-state index contributed by atoms with van der Waals surface area (Å²) in [6, 6.07) is -0.749. The highest BCUT2D eigenvalue weighted by Gasteiger charge is 2.46. The number of likely N-dealkylation sites (tertiary alicyclic amines) is 1. The van der Waals surface area contributed by atoms with Gasteiger partial charge < -0.3 is 25.5 Å². The summed E-state index contributed by atoms with van der Waals surface area (Å²) < 4.78 is 0. The first-order valence-corrected chi connectivity index (χ1v) is 6.86. The van der Waals surface area contributed by atoms with Gasteiger partial charge in [-0.05, 0) is 5.75 Å². The molecule has 1 heterocycles. The van der Waals surface area contributed by atoms with Crippen molar-refractivity contribution in [2.75, 3.05) is 24.7 Å². The van der Waals surface area contributed by atoms with Crippen molar-refractivity contribution in [2.24, 2.45) is 0 Å². The fraction of sp³-hybridized carbons (Fsp3) is 1.00. The monoisotopic (exact) mass is 267 g/mol. The van der Waals surface area contributed by atoms with Gasteiger partial charge in [0.05, 0.1) is 12.6 Å². The van der Waals surface area contributed by atoms with Crippen LogP contribution in [-0.2, 0) is 0 Å². The van der Waals surface area contributed by atoms with E-state index in [1.165, 1.54) is 4.90 Å². The molecule has 1 saturated heterocycles. The molecule has 0 amide bonds. The van der Waals surface area contributed by atoms with Gasteiger partial charge in [0.1, 0.15) is 24.5 Å². The lowest BCUT2D eigenvalue weighted by atomic mass is 9.93. The summed E-state index contributed by atoms with van der Waals surface area (Å²) in [7, 11) is 0. The summed E-state index contributed by atoms with van der Waals surface area (Å²) in [6.07, 6.45) is -5.37. The Morgan fingerprint density at radius 2 is 1.71 bits per heavy atom. The number of hydrogen-bond acceptors (Lipinski definition) is 7. The molecule has 17 heavy (non-hydrogen) atoms. The maximum atomic E-state index is 9.81. The van der Waals surface area contributed by atoms with Crippen molar-refractivity contribution in [2.45, 2.75) is 37.5 Å². The van der Waals surface area contributed by atoms with Crippen molar-refractivity contribution >= 4 is 11.8 Å². The van der Waals surface area contributed by atoms with E-state index in [1.54, 1.807) is 11.8 Å². The summed E-state index contributed by atoms with van der Waals surface area (Å²) in [4.78, 5) is 1.44. The maximum absolute atomic E-state index is 9.81. The van der Waals surface area contributed by atoms with E-state index in [0.717, 1.165) is 11.5 Å². The highest BCUT2D eigenvalue weighted by atomic mass is 32.2. The molecule has 5 atom stereocenters. The fourth-order valence-electron chi connectivity index (χ4n) is 2.02. The zero-order valence-corrected chi connectivity index (χ0v) is 10.6. The van der Waals surface area contributed by atoms with E-state index >= 15 is 0 Å². The molecule has 0 radical (unpaired) electrons. The van der Waals surface area contributed by atoms with Crippen LogP contribution < -0.4 is 0 Å². The Labute approximate surface area is 105 Å². The van der Waals surface area contributed by atoms with E-state index < -0.39 is 30.6 Å². The molecule has 0 aromatic rings. The van der Waals surface area contributed by atoms with E-state index in [2.05, 4.69) is 0 Å². The van der Waals surface area contributed by atoms with Crippen LogP contribution >= 0.6 is 11.8 Å². The standard InChI is InChI=1S/C10H21NO5S/c1-2-17-4-3-11-6(5-12)7(13)8(14)9(15)10(11)16/h6-10,12-16H,2-5H2,1H3/t6-,7-,8+,9-,10?/m1/s1. The van der Waals surface area contributed by atoms with Crippen LogP contribution in [0.2, 0.25) is 0 Å². The van der Waals surface area contributed by atoms with E-state index in [1.807, 2.05) is 6.92 Å². The van der Waals surface area contributed by atoms with Crippen molar-refractivity contribution in [3.05, 3.63) is 0 Å². The van der Waals surface area contributed by atoms with Gasteiger partial charge in [0.15, 0.2) is 0 Å². The smallest absolute Gasteiger partial charge is 0.136 e. The maximum Gasteiger partial charge on any atom is 0.136 e. The molecule has 1 aliphatic heterocycles. The Kier molecular flexibility index (Phi) is 6.14. The third-order valence-electron chi connectivity index (χ3n) is 3.05. The van der Waals surface area contributed by atoms with Gasteiger partial charge in [0, 0.05) is 12.3 Å². The Hall–Kier alpha value is 0.110. The Morgan fingerprint density at radius 1 is 1.06 bits per heavy atom. The molecule has 0 aromatic carbocycles. The average molecular weight is 267 g/mol. The number of piperidine rings is 1. The molecule has 1 rings (SSSR count). The van der Waals surface area contributed by atoms with Crippen LogP contribution in [0.5, 0.6) is 0 Å². The molecule has 102 valence electrons. The van der Waals surface area contributed by atoms with Gasteiger partial charge in [0.25, 0.3) is 0 Å². The lowest BCUT2D eigenvalue weighted by Crippen LogP contribution is -2.67. The van der Waals surface area contributed by atoms with Crippen LogP contribution in [0.1, 0.15) is 6.92 Å². The second-order valence-electron chi connectivity index (χ2n) is 4.07. The second kappa shape index (κ2) is 6.89. The number of thioether (sulfide) groups is 1. The van der Waals surface area contributed by atoms with Crippen molar-refractivity contribution in [3.8, 4) is 0 Å². The zero-order chi connectivity index (χ0) is 13.0. The topological polar surface area (TPSA) is 104 Å². The van der Waals surface area contributed by atoms with Crippen LogP contribution in [-0.4, -0.2) is 85.7 Å². The molecule has 1 fully saturated rings. The highest BCUT2D eigenvalue weighted by Crippen LogP contribution is 2.23. The summed E-state index contributed by atoms with van der Waals surface area (Å²) in [6.45, 7) is 2.07. The van der Waals surface area contributed by atoms with Gasteiger partial charge in [-0.3, -0.25) is 4.90 Å². The quantitative estimate of drug-likeness (QED) is 0.361. The first-order chi connectivity index (χ1) is 8.04. The SMILES string of the molecule is CCSCCN1C(O)[C@H](O)[C@@H](O)[C@H](O)[C@H]1CO. The molecule has 7 heteroatoms. The van der Waals surface area contributed by atoms with Gasteiger partial charge in [-0.25, -0.2) is 0 Å². The molecule has 1 aliphatic rings. The first-order valence-electron chi connectivity index (χ1n) is 5.71. The van der Waals surface area contributed by atoms with Crippen LogP contribution in [0, 0.1) is 0 Å². The minimum Gasteiger partial charge on any atom is -0.395 e. The molecule has 1 unspecified atom stereocenters. The first kappa shape index (κ1) is 15.2. The number of aliphatic hydroxyl groups excluding tert-OH is 5. The van der Waals surface area contributed by atoms with E-state index in [0.29, 0.717) is 6.54 Å². The van der Waals surface area contributed by atoms with E-state index in [-0.39, 0.29) is 6.61 Å². The van der Waals surface area contributed by atoms with Crippen molar-refractivity contribution in [1.29, 1.82) is 0 Å². The van der Waals surface area contributed by atoms with Gasteiger partial charge in [-0.1, -0.05) is 6.92 Å². The summed E-state index contributed by atoms with van der Waals surface area (Å²) in [5, 5.41) is 47.8. The van der Waals surface area contributed by atoms with Gasteiger partial charge in [0.2, 0.25) is 0 Å². The molecule has 0 aromatic heterocycles. The summed E-state index contributed by atoms with van der Waals surface area (Å²) in [5.74, 6) is 1.65. The number of rotatable bonds is 5. The summed E-state index contributed by atoms with van der Waals surface area (Å²) in [5.41, 5.74) is 0. The zero-order valence-electron chi connectivity index (χ0n) is 9.81. The predicted molar refractivity (Wildman–Crippen MR) is 64.6 cm³/mol. The van der Waals surface area contributed by atoms with E-state index in [4.69, 9.17) is 0 Å². The third kappa shape index (κ3) is 3.31. The fourth-order valence-corrected chi connectivity index (χ4v) is 2.65. The third-order valence-corrected chi connectivity index (χ3v) is 3.93. The van der Waals surface area contributed by atoms with Gasteiger partial charge in [-0.15, -0.1) is 0 Å². The van der Waals surface area contributed by atoms with Crippen molar-refractivity contribution < 1.29 is 25.5 Å². The number of nitrogens with zero attached hydrogens (tertiary/aromatic N) is 1. The lowest BCUT2D eigenvalue weighted by molar-refractivity contribution is -0.221. The van der Waals surface area contributed by atoms with Crippen LogP contribution in [0.15, 0.2) is 0 Å². The Bertz CT molecular complexity index is 233. The minimum atomic E-state index is -1.43. The van der Waals surface area contributed by atoms with Gasteiger partial charge >= 0.3 is 0 Å². The molecule has 0 bridgehead atoms. The molecule has 0 saturated carbocycles. The molecule has 0 aliphatic carbocycles. The van der Waals surface area contributed by atoms with Crippen LogP contribution in [0.4, 0.5) is 0 Å². The van der Waals surface area contributed by atoms with Gasteiger partial charge in [-0.2, -0.15) is 11.8 Å². The largest absolute Gasteiger partial charge is 0.395 e. The molecule has 6 nitrogen and oxygen atoms in total. The predicted octanol–water partition coefficient (Wildman–Crippen LogP) is -2.18. The number of hydrogen-bond donors (Lipinski definition) is 5. The van der Waals surface area contributed by atoms with E-state index in [9.17, 15) is 25.5 Å². The molecular weight excluding hydrogens is 246 g/mol. The second-order valence-corrected chi connectivity index (χ2v) is 5.46. The minimum absolute atomic E-state index is 0.376. The number of aliphatic hydroxyl groups is 5. The molecular formula is C10H21NO5S. The lowest BCUT2D eigenvalue weighted by Gasteiger charge is -2.46. The van der Waals surface area contributed by atoms with Crippen LogP contribution in [0.25, 0.3) is 0 Å². The highest BCUT2D eigenvalue weighted by molar-refractivity contribution is 7.99.